The van der Waals surface area contributed by atoms with Gasteiger partial charge in [0.15, 0.2) is 0 Å². The van der Waals surface area contributed by atoms with Gasteiger partial charge in [0.2, 0.25) is 5.91 Å². The Morgan fingerprint density at radius 1 is 1.37 bits per heavy atom. The van der Waals surface area contributed by atoms with Crippen molar-refractivity contribution in [1.29, 1.82) is 0 Å². The highest BCUT2D eigenvalue weighted by Gasteiger charge is 2.29. The van der Waals surface area contributed by atoms with Gasteiger partial charge < -0.3 is 5.32 Å². The van der Waals surface area contributed by atoms with Crippen LogP contribution in [-0.2, 0) is 4.79 Å². The summed E-state index contributed by atoms with van der Waals surface area (Å²) in [6, 6.07) is 2.51. The van der Waals surface area contributed by atoms with E-state index in [0.29, 0.717) is 6.04 Å². The first-order chi connectivity index (χ1) is 9.26. The Morgan fingerprint density at radius 3 is 2.74 bits per heavy atom. The van der Waals surface area contributed by atoms with Gasteiger partial charge >= 0.3 is 0 Å². The zero-order valence-electron chi connectivity index (χ0n) is 12.0. The van der Waals surface area contributed by atoms with E-state index < -0.39 is 0 Å². The molecular weight excluding hydrogens is 238 g/mol. The van der Waals surface area contributed by atoms with Crippen molar-refractivity contribution >= 4 is 5.91 Å². The molecule has 106 valence electrons. The molecule has 1 aromatic heterocycles. The molecule has 0 unspecified atom stereocenters. The van der Waals surface area contributed by atoms with Crippen LogP contribution in [0.25, 0.3) is 0 Å². The van der Waals surface area contributed by atoms with Crippen LogP contribution in [0.3, 0.4) is 0 Å². The zero-order valence-corrected chi connectivity index (χ0v) is 12.0. The van der Waals surface area contributed by atoms with E-state index in [0.717, 1.165) is 25.7 Å². The molecule has 1 aliphatic carbocycles. The van der Waals surface area contributed by atoms with Crippen LogP contribution in [-0.4, -0.2) is 21.7 Å². The number of amides is 1. The molecule has 2 atom stereocenters. The van der Waals surface area contributed by atoms with Crippen molar-refractivity contribution in [1.82, 2.24) is 15.1 Å². The molecule has 1 aliphatic rings. The lowest BCUT2D eigenvalue weighted by Gasteiger charge is -2.33. The smallest absolute Gasteiger partial charge is 0.223 e. The summed E-state index contributed by atoms with van der Waals surface area (Å²) in [7, 11) is 0. The number of hydrogen-bond acceptors (Lipinski definition) is 2. The van der Waals surface area contributed by atoms with E-state index in [1.165, 1.54) is 12.8 Å². The van der Waals surface area contributed by atoms with Crippen molar-refractivity contribution in [2.24, 2.45) is 5.92 Å². The summed E-state index contributed by atoms with van der Waals surface area (Å²) in [6.07, 6.45) is 10.3. The van der Waals surface area contributed by atoms with Crippen molar-refractivity contribution in [2.75, 3.05) is 0 Å². The molecule has 1 saturated carbocycles. The summed E-state index contributed by atoms with van der Waals surface area (Å²) in [5.74, 6) is 0.370. The minimum Gasteiger partial charge on any atom is -0.351 e. The molecule has 4 heteroatoms. The van der Waals surface area contributed by atoms with Crippen LogP contribution in [0.15, 0.2) is 18.5 Å². The molecule has 0 aromatic carbocycles. The predicted molar refractivity (Wildman–Crippen MR) is 75.7 cm³/mol. The van der Waals surface area contributed by atoms with E-state index in [1.54, 1.807) is 0 Å². The third-order valence-corrected chi connectivity index (χ3v) is 4.28. The average Bonchev–Trinajstić information content (AvgIpc) is 2.94. The summed E-state index contributed by atoms with van der Waals surface area (Å²) in [6.45, 7) is 4.17. The molecule has 0 bridgehead atoms. The molecule has 0 spiro atoms. The van der Waals surface area contributed by atoms with Gasteiger partial charge in [-0.2, -0.15) is 5.10 Å². The molecule has 4 nitrogen and oxygen atoms in total. The second kappa shape index (κ2) is 6.73. The highest BCUT2D eigenvalue weighted by Crippen LogP contribution is 2.28. The van der Waals surface area contributed by atoms with Crippen molar-refractivity contribution in [3.63, 3.8) is 0 Å². The van der Waals surface area contributed by atoms with E-state index in [-0.39, 0.29) is 17.9 Å². The third kappa shape index (κ3) is 3.37. The van der Waals surface area contributed by atoms with Crippen LogP contribution >= 0.6 is 0 Å². The lowest BCUT2D eigenvalue weighted by molar-refractivity contribution is -0.126. The normalized spacial score (nSPS) is 23.5. The van der Waals surface area contributed by atoms with Crippen molar-refractivity contribution in [2.45, 2.75) is 64.5 Å². The number of aromatic nitrogens is 2. The number of carbonyl (C=O) groups is 1. The Kier molecular flexibility index (Phi) is 5.00. The lowest BCUT2D eigenvalue weighted by atomic mass is 9.89. The van der Waals surface area contributed by atoms with Gasteiger partial charge in [-0.05, 0) is 31.7 Å². The minimum absolute atomic E-state index is 0.153. The Balaban J connectivity index is 2.02. The summed E-state index contributed by atoms with van der Waals surface area (Å²) >= 11 is 0. The molecule has 1 aromatic rings. The first-order valence-electron chi connectivity index (χ1n) is 7.55. The van der Waals surface area contributed by atoms with E-state index in [9.17, 15) is 4.79 Å². The molecule has 0 saturated heterocycles. The van der Waals surface area contributed by atoms with Gasteiger partial charge in [0, 0.05) is 18.3 Å². The summed E-state index contributed by atoms with van der Waals surface area (Å²) < 4.78 is 2.01. The highest BCUT2D eigenvalue weighted by atomic mass is 16.1. The maximum Gasteiger partial charge on any atom is 0.223 e. The molecule has 19 heavy (non-hydrogen) atoms. The number of nitrogens with zero attached hydrogens (tertiary/aromatic N) is 2. The molecule has 2 rings (SSSR count). The molecule has 1 fully saturated rings. The maximum atomic E-state index is 12.2. The number of carbonyl (C=O) groups excluding carboxylic acids is 1. The van der Waals surface area contributed by atoms with Gasteiger partial charge in [-0.15, -0.1) is 0 Å². The maximum absolute atomic E-state index is 12.2. The largest absolute Gasteiger partial charge is 0.351 e. The fourth-order valence-electron chi connectivity index (χ4n) is 3.03. The number of rotatable bonds is 5. The summed E-state index contributed by atoms with van der Waals surface area (Å²) in [5, 5.41) is 7.61. The Bertz CT molecular complexity index is 384. The lowest BCUT2D eigenvalue weighted by Crippen LogP contribution is -2.45. The highest BCUT2D eigenvalue weighted by molar-refractivity contribution is 5.78. The molecule has 1 N–H and O–H groups in total. The summed E-state index contributed by atoms with van der Waals surface area (Å²) in [5.41, 5.74) is 0. The summed E-state index contributed by atoms with van der Waals surface area (Å²) in [4.78, 5) is 12.2. The van der Waals surface area contributed by atoms with E-state index in [1.807, 2.05) is 23.1 Å². The minimum atomic E-state index is 0.153. The van der Waals surface area contributed by atoms with Crippen LogP contribution < -0.4 is 5.32 Å². The molecule has 1 heterocycles. The predicted octanol–water partition coefficient (Wildman–Crippen LogP) is 2.92. The number of hydrogen-bond donors (Lipinski definition) is 1. The number of nitrogens with one attached hydrogen (secondary N) is 1. The first kappa shape index (κ1) is 14.1. The van der Waals surface area contributed by atoms with Gasteiger partial charge in [0.1, 0.15) is 0 Å². The van der Waals surface area contributed by atoms with E-state index >= 15 is 0 Å². The Hall–Kier alpha value is -1.32. The molecule has 0 radical (unpaired) electrons. The average molecular weight is 263 g/mol. The van der Waals surface area contributed by atoms with Crippen molar-refractivity contribution < 1.29 is 4.79 Å². The Labute approximate surface area is 115 Å². The fraction of sp³-hybridized carbons (Fsp3) is 0.733. The topological polar surface area (TPSA) is 46.9 Å². The monoisotopic (exact) mass is 263 g/mol. The van der Waals surface area contributed by atoms with Crippen LogP contribution in [0.4, 0.5) is 0 Å². The second-order valence-corrected chi connectivity index (χ2v) is 5.47. The van der Waals surface area contributed by atoms with E-state index in [4.69, 9.17) is 0 Å². The molecule has 0 aliphatic heterocycles. The van der Waals surface area contributed by atoms with Crippen molar-refractivity contribution in [3.05, 3.63) is 18.5 Å². The van der Waals surface area contributed by atoms with Crippen LogP contribution in [0, 0.1) is 5.92 Å². The quantitative estimate of drug-likeness (QED) is 0.888. The van der Waals surface area contributed by atoms with Gasteiger partial charge in [0.05, 0.1) is 12.1 Å². The SMILES string of the molecule is CCC(CC)C(=O)N[C@@H]1CCCC[C@H]1n1cccn1. The standard InChI is InChI=1S/C15H25N3O/c1-3-12(4-2)15(19)17-13-8-5-6-9-14(13)18-11-7-10-16-18/h7,10-14H,3-6,8-9H2,1-2H3,(H,17,19)/t13-,14-/m1/s1. The third-order valence-electron chi connectivity index (χ3n) is 4.28. The van der Waals surface area contributed by atoms with Crippen molar-refractivity contribution in [3.8, 4) is 0 Å². The van der Waals surface area contributed by atoms with Crippen LogP contribution in [0.2, 0.25) is 0 Å². The second-order valence-electron chi connectivity index (χ2n) is 5.47. The zero-order chi connectivity index (χ0) is 13.7. The molecule has 1 amide bonds. The van der Waals surface area contributed by atoms with Gasteiger partial charge in [-0.25, -0.2) is 0 Å². The van der Waals surface area contributed by atoms with Gasteiger partial charge in [-0.1, -0.05) is 26.7 Å². The first-order valence-corrected chi connectivity index (χ1v) is 7.55. The fourth-order valence-corrected chi connectivity index (χ4v) is 3.03. The molecular formula is C15H25N3O. The van der Waals surface area contributed by atoms with E-state index in [2.05, 4.69) is 24.3 Å². The Morgan fingerprint density at radius 2 is 2.11 bits per heavy atom. The van der Waals surface area contributed by atoms with Gasteiger partial charge in [0.25, 0.3) is 0 Å². The van der Waals surface area contributed by atoms with Gasteiger partial charge in [-0.3, -0.25) is 9.48 Å². The van der Waals surface area contributed by atoms with Crippen LogP contribution in [0.5, 0.6) is 0 Å². The van der Waals surface area contributed by atoms with Crippen LogP contribution in [0.1, 0.15) is 58.4 Å².